The molecule has 0 radical (unpaired) electrons. The number of nitrogens with one attached hydrogen (secondary N) is 1. The Kier molecular flexibility index (Phi) is 5.49. The molecule has 1 unspecified atom stereocenters. The van der Waals surface area contributed by atoms with Crippen molar-refractivity contribution >= 4 is 5.97 Å². The molecule has 1 N–H and O–H groups in total. The van der Waals surface area contributed by atoms with Crippen LogP contribution in [0.1, 0.15) is 44.1 Å². The number of carbonyl (C=O) groups excluding carboxylic acids is 1. The Balaban J connectivity index is 1.42. The molecule has 3 atom stereocenters. The molecule has 2 heterocycles. The van der Waals surface area contributed by atoms with E-state index in [-0.39, 0.29) is 5.97 Å². The lowest BCUT2D eigenvalue weighted by atomic mass is 9.84. The number of hydrogen-bond donors (Lipinski definition) is 1. The van der Waals surface area contributed by atoms with Crippen molar-refractivity contribution in [2.45, 2.75) is 51.0 Å². The maximum Gasteiger partial charge on any atom is 0.306 e. The summed E-state index contributed by atoms with van der Waals surface area (Å²) >= 11 is 0. The summed E-state index contributed by atoms with van der Waals surface area (Å²) in [5, 5.41) is 0. The number of piperidine rings is 2. The van der Waals surface area contributed by atoms with Crippen LogP contribution in [0.15, 0.2) is 30.3 Å². The Morgan fingerprint density at radius 3 is 2.77 bits per heavy atom. The van der Waals surface area contributed by atoms with Crippen molar-refractivity contribution in [1.82, 2.24) is 0 Å². The predicted octanol–water partition coefficient (Wildman–Crippen LogP) is 2.01. The number of benzene rings is 1. The van der Waals surface area contributed by atoms with E-state index in [0.717, 1.165) is 12.5 Å². The average molecular weight is 302 g/mol. The topological polar surface area (TPSA) is 30.7 Å². The molecule has 1 aromatic carbocycles. The molecule has 0 bridgehead atoms. The molecule has 2 saturated heterocycles. The summed E-state index contributed by atoms with van der Waals surface area (Å²) in [6.07, 6.45) is 7.85. The third-order valence-electron chi connectivity index (χ3n) is 5.35. The van der Waals surface area contributed by atoms with Crippen molar-refractivity contribution in [3.63, 3.8) is 0 Å². The van der Waals surface area contributed by atoms with E-state index in [1.165, 1.54) is 50.8 Å². The minimum absolute atomic E-state index is 0.0354. The molecule has 3 heteroatoms. The maximum atomic E-state index is 12.0. The summed E-state index contributed by atoms with van der Waals surface area (Å²) < 4.78 is 5.60. The number of aryl methyl sites for hydroxylation is 1. The minimum atomic E-state index is -0.0354. The van der Waals surface area contributed by atoms with Crippen molar-refractivity contribution in [3.05, 3.63) is 35.9 Å². The van der Waals surface area contributed by atoms with Crippen LogP contribution in [0.25, 0.3) is 0 Å². The van der Waals surface area contributed by atoms with Crippen molar-refractivity contribution in [2.24, 2.45) is 5.92 Å². The van der Waals surface area contributed by atoms with Gasteiger partial charge in [-0.25, -0.2) is 0 Å². The third-order valence-corrected chi connectivity index (χ3v) is 5.35. The monoisotopic (exact) mass is 302 g/mol. The fraction of sp³-hybridized carbons (Fsp3) is 0.632. The lowest BCUT2D eigenvalue weighted by molar-refractivity contribution is -0.940. The first-order valence-electron chi connectivity index (χ1n) is 8.87. The Labute approximate surface area is 133 Å². The van der Waals surface area contributed by atoms with E-state index in [9.17, 15) is 4.79 Å². The molecule has 1 aromatic rings. The zero-order valence-corrected chi connectivity index (χ0v) is 13.4. The standard InChI is InChI=1S/C19H27NO2/c21-19(12-11-16-7-2-1-3-8-16)22-15-17-9-6-14-20-13-5-4-10-18(17)20/h1-3,7-8,17-18H,4-6,9-15H2/p+1/t17-,18+/m0/s1. The highest BCUT2D eigenvalue weighted by Gasteiger charge is 2.37. The van der Waals surface area contributed by atoms with E-state index in [4.69, 9.17) is 4.74 Å². The second-order valence-electron chi connectivity index (χ2n) is 6.83. The van der Waals surface area contributed by atoms with Gasteiger partial charge in [0.25, 0.3) is 0 Å². The summed E-state index contributed by atoms with van der Waals surface area (Å²) in [6, 6.07) is 10.9. The van der Waals surface area contributed by atoms with Crippen LogP contribution in [0.4, 0.5) is 0 Å². The van der Waals surface area contributed by atoms with Crippen LogP contribution in [-0.4, -0.2) is 31.7 Å². The van der Waals surface area contributed by atoms with E-state index in [2.05, 4.69) is 12.1 Å². The van der Waals surface area contributed by atoms with Gasteiger partial charge in [-0.05, 0) is 44.1 Å². The molecule has 2 aliphatic rings. The molecular weight excluding hydrogens is 274 g/mol. The fourth-order valence-corrected chi connectivity index (χ4v) is 4.14. The van der Waals surface area contributed by atoms with Crippen LogP contribution in [0.2, 0.25) is 0 Å². The third kappa shape index (κ3) is 4.10. The number of quaternary nitrogens is 1. The average Bonchev–Trinajstić information content (AvgIpc) is 2.59. The van der Waals surface area contributed by atoms with Crippen LogP contribution < -0.4 is 4.90 Å². The van der Waals surface area contributed by atoms with E-state index < -0.39 is 0 Å². The summed E-state index contributed by atoms with van der Waals surface area (Å²) in [7, 11) is 0. The van der Waals surface area contributed by atoms with E-state index >= 15 is 0 Å². The van der Waals surface area contributed by atoms with Gasteiger partial charge in [-0.15, -0.1) is 0 Å². The molecule has 0 spiro atoms. The second kappa shape index (κ2) is 7.77. The lowest BCUT2D eigenvalue weighted by Gasteiger charge is -2.41. The molecule has 0 aliphatic carbocycles. The minimum Gasteiger partial charge on any atom is -0.465 e. The quantitative estimate of drug-likeness (QED) is 0.844. The molecule has 2 fully saturated rings. The number of fused-ring (bicyclic) bond motifs is 1. The summed E-state index contributed by atoms with van der Waals surface area (Å²) in [5.74, 6) is 0.552. The van der Waals surface area contributed by atoms with Gasteiger partial charge in [-0.3, -0.25) is 4.79 Å². The highest BCUT2D eigenvalue weighted by Crippen LogP contribution is 2.20. The lowest BCUT2D eigenvalue weighted by Crippen LogP contribution is -3.18. The molecule has 0 saturated carbocycles. The fourth-order valence-electron chi connectivity index (χ4n) is 4.14. The van der Waals surface area contributed by atoms with Crippen LogP contribution in [-0.2, 0) is 16.0 Å². The Morgan fingerprint density at radius 2 is 1.91 bits per heavy atom. The van der Waals surface area contributed by atoms with Crippen molar-refractivity contribution < 1.29 is 14.4 Å². The van der Waals surface area contributed by atoms with E-state index in [1.54, 1.807) is 4.90 Å². The predicted molar refractivity (Wildman–Crippen MR) is 86.8 cm³/mol. The molecule has 0 amide bonds. The summed E-state index contributed by atoms with van der Waals surface area (Å²) in [5.41, 5.74) is 1.21. The smallest absolute Gasteiger partial charge is 0.306 e. The van der Waals surface area contributed by atoms with Crippen molar-refractivity contribution in [3.8, 4) is 0 Å². The van der Waals surface area contributed by atoms with Gasteiger partial charge < -0.3 is 9.64 Å². The first-order chi connectivity index (χ1) is 10.8. The van der Waals surface area contributed by atoms with Gasteiger partial charge in [0, 0.05) is 12.3 Å². The number of rotatable bonds is 5. The number of hydrogen-bond acceptors (Lipinski definition) is 2. The van der Waals surface area contributed by atoms with Crippen LogP contribution in [0.5, 0.6) is 0 Å². The first-order valence-corrected chi connectivity index (χ1v) is 8.87. The Morgan fingerprint density at radius 1 is 1.09 bits per heavy atom. The molecule has 2 aliphatic heterocycles. The number of esters is 1. The largest absolute Gasteiger partial charge is 0.465 e. The molecule has 120 valence electrons. The Hall–Kier alpha value is -1.35. The van der Waals surface area contributed by atoms with Gasteiger partial charge in [-0.1, -0.05) is 30.3 Å². The summed E-state index contributed by atoms with van der Waals surface area (Å²) in [6.45, 7) is 3.29. The van der Waals surface area contributed by atoms with Crippen LogP contribution >= 0.6 is 0 Å². The number of carbonyl (C=O) groups is 1. The van der Waals surface area contributed by atoms with E-state index in [1.807, 2.05) is 18.2 Å². The Bertz CT molecular complexity index is 472. The zero-order valence-electron chi connectivity index (χ0n) is 13.4. The van der Waals surface area contributed by atoms with Gasteiger partial charge >= 0.3 is 5.97 Å². The van der Waals surface area contributed by atoms with Gasteiger partial charge in [0.15, 0.2) is 0 Å². The normalized spacial score (nSPS) is 27.9. The maximum absolute atomic E-state index is 12.0. The van der Waals surface area contributed by atoms with Gasteiger partial charge in [0.1, 0.15) is 0 Å². The SMILES string of the molecule is O=C(CCc1ccccc1)OC[C@@H]1CCC[NH+]2CCCC[C@H]12. The van der Waals surface area contributed by atoms with Crippen molar-refractivity contribution in [2.75, 3.05) is 19.7 Å². The van der Waals surface area contributed by atoms with Crippen LogP contribution in [0, 0.1) is 5.92 Å². The molecule has 22 heavy (non-hydrogen) atoms. The summed E-state index contributed by atoms with van der Waals surface area (Å²) in [4.78, 5) is 13.8. The zero-order chi connectivity index (χ0) is 15.2. The molecule has 0 aromatic heterocycles. The van der Waals surface area contributed by atoms with Gasteiger partial charge in [0.2, 0.25) is 0 Å². The number of ether oxygens (including phenoxy) is 1. The molecular formula is C19H28NO2+. The van der Waals surface area contributed by atoms with Gasteiger partial charge in [0.05, 0.1) is 25.7 Å². The molecule has 3 nitrogen and oxygen atoms in total. The highest BCUT2D eigenvalue weighted by atomic mass is 16.5. The van der Waals surface area contributed by atoms with Crippen LogP contribution in [0.3, 0.4) is 0 Å². The molecule has 3 rings (SSSR count). The van der Waals surface area contributed by atoms with E-state index in [0.29, 0.717) is 18.9 Å². The second-order valence-corrected chi connectivity index (χ2v) is 6.83. The highest BCUT2D eigenvalue weighted by molar-refractivity contribution is 5.69. The van der Waals surface area contributed by atoms with Crippen molar-refractivity contribution in [1.29, 1.82) is 0 Å². The van der Waals surface area contributed by atoms with Gasteiger partial charge in [-0.2, -0.15) is 0 Å². The first kappa shape index (κ1) is 15.5.